The summed E-state index contributed by atoms with van der Waals surface area (Å²) in [6.45, 7) is 0.867. The van der Waals surface area contributed by atoms with Crippen LogP contribution >= 0.6 is 11.3 Å². The van der Waals surface area contributed by atoms with Crippen LogP contribution in [-0.2, 0) is 6.54 Å². The van der Waals surface area contributed by atoms with E-state index < -0.39 is 0 Å². The quantitative estimate of drug-likeness (QED) is 0.631. The third-order valence-electron chi connectivity index (χ3n) is 3.40. The van der Waals surface area contributed by atoms with Gasteiger partial charge in [0.25, 0.3) is 0 Å². The van der Waals surface area contributed by atoms with Crippen molar-refractivity contribution in [2.75, 3.05) is 14.1 Å². The van der Waals surface area contributed by atoms with Crippen molar-refractivity contribution in [2.24, 2.45) is 0 Å². The first-order valence-corrected chi connectivity index (χ1v) is 8.46. The Bertz CT molecular complexity index is 812. The minimum Gasteiger partial charge on any atom is -0.438 e. The maximum Gasteiger partial charge on any atom is 0.230 e. The van der Waals surface area contributed by atoms with Gasteiger partial charge in [0.1, 0.15) is 5.75 Å². The van der Waals surface area contributed by atoms with Crippen LogP contribution < -0.4 is 4.74 Å². The number of ketones is 1. The topological polar surface area (TPSA) is 42.4 Å². The van der Waals surface area contributed by atoms with Crippen LogP contribution in [0.4, 0.5) is 0 Å². The largest absolute Gasteiger partial charge is 0.438 e. The van der Waals surface area contributed by atoms with Crippen molar-refractivity contribution in [3.63, 3.8) is 0 Å². The van der Waals surface area contributed by atoms with Gasteiger partial charge in [0, 0.05) is 12.7 Å². The smallest absolute Gasteiger partial charge is 0.230 e. The zero-order valence-electron chi connectivity index (χ0n) is 13.6. The average Bonchev–Trinajstić information content (AvgIpc) is 3.11. The molecule has 1 aromatic carbocycles. The molecule has 0 bridgehead atoms. The van der Waals surface area contributed by atoms with E-state index >= 15 is 0 Å². The lowest BCUT2D eigenvalue weighted by molar-refractivity contribution is 0.103. The number of nitrogens with zero attached hydrogens (tertiary/aromatic N) is 2. The number of pyridine rings is 1. The minimum absolute atomic E-state index is 0.0719. The molecule has 0 spiro atoms. The zero-order chi connectivity index (χ0) is 16.9. The van der Waals surface area contributed by atoms with Crippen molar-refractivity contribution in [3.05, 3.63) is 76.1 Å². The van der Waals surface area contributed by atoms with Gasteiger partial charge in [-0.2, -0.15) is 0 Å². The maximum absolute atomic E-state index is 12.6. The second kappa shape index (κ2) is 7.38. The number of rotatable bonds is 6. The lowest BCUT2D eigenvalue weighted by Gasteiger charge is -2.11. The summed E-state index contributed by atoms with van der Waals surface area (Å²) in [5.74, 6) is 0.921. The molecule has 0 aliphatic carbocycles. The molecule has 0 aliphatic heterocycles. The molecule has 2 heterocycles. The first-order chi connectivity index (χ1) is 11.6. The van der Waals surface area contributed by atoms with E-state index in [-0.39, 0.29) is 5.78 Å². The van der Waals surface area contributed by atoms with Crippen LogP contribution in [0.5, 0.6) is 11.6 Å². The van der Waals surface area contributed by atoms with E-state index in [1.54, 1.807) is 24.4 Å². The number of carbonyl (C=O) groups is 1. The van der Waals surface area contributed by atoms with Crippen LogP contribution in [-0.4, -0.2) is 29.8 Å². The third kappa shape index (κ3) is 3.88. The van der Waals surface area contributed by atoms with E-state index in [1.807, 2.05) is 49.8 Å². The van der Waals surface area contributed by atoms with E-state index in [2.05, 4.69) is 9.88 Å². The van der Waals surface area contributed by atoms with Crippen molar-refractivity contribution in [1.82, 2.24) is 9.88 Å². The summed E-state index contributed by atoms with van der Waals surface area (Å²) in [5.41, 5.74) is 1.67. The lowest BCUT2D eigenvalue weighted by Crippen LogP contribution is -2.10. The molecule has 3 rings (SSSR count). The SMILES string of the molecule is CN(C)Cc1ccc(Oc2ncccc2C(=O)c2cccs2)cc1. The average molecular weight is 338 g/mol. The van der Waals surface area contributed by atoms with E-state index in [4.69, 9.17) is 4.74 Å². The molecule has 0 unspecified atom stereocenters. The highest BCUT2D eigenvalue weighted by atomic mass is 32.1. The summed E-state index contributed by atoms with van der Waals surface area (Å²) < 4.78 is 5.85. The molecule has 0 fully saturated rings. The van der Waals surface area contributed by atoms with Gasteiger partial charge < -0.3 is 9.64 Å². The van der Waals surface area contributed by atoms with Gasteiger partial charge in [0.05, 0.1) is 10.4 Å². The Hall–Kier alpha value is -2.50. The molecule has 0 aliphatic rings. The van der Waals surface area contributed by atoms with Crippen LogP contribution in [0.1, 0.15) is 20.8 Å². The number of hydrogen-bond acceptors (Lipinski definition) is 5. The van der Waals surface area contributed by atoms with Gasteiger partial charge in [-0.25, -0.2) is 4.98 Å². The van der Waals surface area contributed by atoms with Crippen molar-refractivity contribution >= 4 is 17.1 Å². The summed E-state index contributed by atoms with van der Waals surface area (Å²) in [5, 5.41) is 1.88. The number of benzene rings is 1. The molecular weight excluding hydrogens is 320 g/mol. The number of ether oxygens (including phenoxy) is 1. The standard InChI is InChI=1S/C19H18N2O2S/c1-21(2)13-14-7-9-15(10-8-14)23-19-16(5-3-11-20-19)18(22)17-6-4-12-24-17/h3-12H,13H2,1-2H3. The zero-order valence-corrected chi connectivity index (χ0v) is 14.4. The van der Waals surface area contributed by atoms with Gasteiger partial charge in [-0.05, 0) is 55.4 Å². The third-order valence-corrected chi connectivity index (χ3v) is 4.27. The van der Waals surface area contributed by atoms with E-state index in [0.29, 0.717) is 22.1 Å². The molecule has 0 saturated heterocycles. The number of aromatic nitrogens is 1. The normalized spacial score (nSPS) is 10.8. The van der Waals surface area contributed by atoms with E-state index in [1.165, 1.54) is 16.9 Å². The molecule has 0 radical (unpaired) electrons. The van der Waals surface area contributed by atoms with Crippen molar-refractivity contribution in [1.29, 1.82) is 0 Å². The van der Waals surface area contributed by atoms with Crippen molar-refractivity contribution in [2.45, 2.75) is 6.54 Å². The van der Waals surface area contributed by atoms with Gasteiger partial charge in [0.2, 0.25) is 11.7 Å². The van der Waals surface area contributed by atoms with Crippen LogP contribution in [0.25, 0.3) is 0 Å². The minimum atomic E-state index is -0.0719. The van der Waals surface area contributed by atoms with Gasteiger partial charge in [-0.1, -0.05) is 18.2 Å². The molecule has 122 valence electrons. The highest BCUT2D eigenvalue weighted by Gasteiger charge is 2.17. The van der Waals surface area contributed by atoms with Crippen LogP contribution in [0.15, 0.2) is 60.1 Å². The molecule has 0 N–H and O–H groups in total. The molecule has 4 nitrogen and oxygen atoms in total. The molecule has 3 aromatic rings. The highest BCUT2D eigenvalue weighted by Crippen LogP contribution is 2.26. The van der Waals surface area contributed by atoms with E-state index in [0.717, 1.165) is 6.54 Å². The maximum atomic E-state index is 12.6. The Labute approximate surface area is 145 Å². The molecular formula is C19H18N2O2S. The molecule has 5 heteroatoms. The van der Waals surface area contributed by atoms with Crippen LogP contribution in [0.2, 0.25) is 0 Å². The Morgan fingerprint density at radius 3 is 2.58 bits per heavy atom. The van der Waals surface area contributed by atoms with Gasteiger partial charge in [-0.15, -0.1) is 11.3 Å². The summed E-state index contributed by atoms with van der Waals surface area (Å²) in [6, 6.07) is 15.0. The Morgan fingerprint density at radius 2 is 1.92 bits per heavy atom. The molecule has 0 atom stereocenters. The summed E-state index contributed by atoms with van der Waals surface area (Å²) in [4.78, 5) is 19.6. The lowest BCUT2D eigenvalue weighted by atomic mass is 10.1. The fourth-order valence-corrected chi connectivity index (χ4v) is 3.00. The van der Waals surface area contributed by atoms with Crippen LogP contribution in [0.3, 0.4) is 0 Å². The van der Waals surface area contributed by atoms with E-state index in [9.17, 15) is 4.79 Å². The predicted molar refractivity (Wildman–Crippen MR) is 95.9 cm³/mol. The summed E-state index contributed by atoms with van der Waals surface area (Å²) >= 11 is 1.41. The van der Waals surface area contributed by atoms with Gasteiger partial charge in [-0.3, -0.25) is 4.79 Å². The van der Waals surface area contributed by atoms with Gasteiger partial charge in [0.15, 0.2) is 0 Å². The second-order valence-electron chi connectivity index (χ2n) is 5.65. The number of hydrogen-bond donors (Lipinski definition) is 0. The Balaban J connectivity index is 1.82. The predicted octanol–water partition coefficient (Wildman–Crippen LogP) is 4.23. The summed E-state index contributed by atoms with van der Waals surface area (Å²) in [6.07, 6.45) is 1.63. The number of thiophene rings is 1. The fourth-order valence-electron chi connectivity index (χ4n) is 2.33. The monoisotopic (exact) mass is 338 g/mol. The first-order valence-electron chi connectivity index (χ1n) is 7.58. The fraction of sp³-hybridized carbons (Fsp3) is 0.158. The summed E-state index contributed by atoms with van der Waals surface area (Å²) in [7, 11) is 4.06. The van der Waals surface area contributed by atoms with Gasteiger partial charge >= 0.3 is 0 Å². The number of carbonyl (C=O) groups excluding carboxylic acids is 1. The molecule has 0 saturated carbocycles. The molecule has 2 aromatic heterocycles. The Morgan fingerprint density at radius 1 is 1.12 bits per heavy atom. The van der Waals surface area contributed by atoms with Crippen molar-refractivity contribution < 1.29 is 9.53 Å². The van der Waals surface area contributed by atoms with Crippen molar-refractivity contribution in [3.8, 4) is 11.6 Å². The van der Waals surface area contributed by atoms with Crippen LogP contribution in [0, 0.1) is 0 Å². The second-order valence-corrected chi connectivity index (χ2v) is 6.59. The molecule has 24 heavy (non-hydrogen) atoms. The molecule has 0 amide bonds. The first kappa shape index (κ1) is 16.4. The Kier molecular flexibility index (Phi) is 5.03. The highest BCUT2D eigenvalue weighted by molar-refractivity contribution is 7.12.